The zero-order chi connectivity index (χ0) is 17.2. The number of aliphatic hydroxyl groups excluding tert-OH is 1. The van der Waals surface area contributed by atoms with Crippen molar-refractivity contribution >= 4 is 28.6 Å². The molecule has 2 unspecified atom stereocenters. The number of benzene rings is 1. The lowest BCUT2D eigenvalue weighted by molar-refractivity contribution is -0.0207. The van der Waals surface area contributed by atoms with Crippen molar-refractivity contribution in [2.24, 2.45) is 0 Å². The number of imidazole rings is 1. The Labute approximate surface area is 149 Å². The van der Waals surface area contributed by atoms with E-state index < -0.39 is 0 Å². The Hall–Kier alpha value is -2.22. The quantitative estimate of drug-likeness (QED) is 0.728. The highest BCUT2D eigenvalue weighted by atomic mass is 35.5. The number of rotatable bonds is 5. The van der Waals surface area contributed by atoms with Crippen LogP contribution in [0.1, 0.15) is 24.6 Å². The van der Waals surface area contributed by atoms with E-state index in [0.717, 1.165) is 24.1 Å². The summed E-state index contributed by atoms with van der Waals surface area (Å²) < 4.78 is 7.73. The van der Waals surface area contributed by atoms with Crippen molar-refractivity contribution in [3.05, 3.63) is 47.5 Å². The standard InChI is InChI=1S/C17H18ClN5O2/c18-12-3-1-11(2-4-12)7-19-16-15-17(21-9-20-16)23(10-22-15)14-6-5-13(8-24)25-14/h1-4,9-10,13-14,24H,5-8H2,(H,19,20,21). The first-order chi connectivity index (χ1) is 12.2. The molecule has 130 valence electrons. The molecule has 1 aliphatic rings. The van der Waals surface area contributed by atoms with Gasteiger partial charge < -0.3 is 15.2 Å². The topological polar surface area (TPSA) is 85.1 Å². The van der Waals surface area contributed by atoms with Crippen LogP contribution in [0, 0.1) is 0 Å². The third kappa shape index (κ3) is 3.30. The van der Waals surface area contributed by atoms with Crippen LogP contribution < -0.4 is 5.32 Å². The van der Waals surface area contributed by atoms with E-state index in [4.69, 9.17) is 16.3 Å². The van der Waals surface area contributed by atoms with Crippen molar-refractivity contribution in [1.82, 2.24) is 19.5 Å². The molecule has 1 aliphatic heterocycles. The Balaban J connectivity index is 1.55. The third-order valence-electron chi connectivity index (χ3n) is 4.33. The van der Waals surface area contributed by atoms with Gasteiger partial charge in [-0.15, -0.1) is 0 Å². The molecule has 8 heteroatoms. The molecule has 4 rings (SSSR count). The zero-order valence-electron chi connectivity index (χ0n) is 13.5. The van der Waals surface area contributed by atoms with E-state index in [9.17, 15) is 5.11 Å². The molecule has 7 nitrogen and oxygen atoms in total. The fraction of sp³-hybridized carbons (Fsp3) is 0.353. The Morgan fingerprint density at radius 3 is 2.80 bits per heavy atom. The zero-order valence-corrected chi connectivity index (χ0v) is 14.2. The van der Waals surface area contributed by atoms with Gasteiger partial charge in [-0.3, -0.25) is 4.57 Å². The summed E-state index contributed by atoms with van der Waals surface area (Å²) in [5.41, 5.74) is 2.52. The second-order valence-electron chi connectivity index (χ2n) is 6.00. The molecule has 1 fully saturated rings. The van der Waals surface area contributed by atoms with Gasteiger partial charge in [0.2, 0.25) is 0 Å². The van der Waals surface area contributed by atoms with Crippen LogP contribution in [0.25, 0.3) is 11.2 Å². The van der Waals surface area contributed by atoms with E-state index in [0.29, 0.717) is 22.9 Å². The molecule has 1 saturated heterocycles. The summed E-state index contributed by atoms with van der Waals surface area (Å²) >= 11 is 5.91. The molecule has 1 aromatic carbocycles. The van der Waals surface area contributed by atoms with Crippen molar-refractivity contribution in [1.29, 1.82) is 0 Å². The highest BCUT2D eigenvalue weighted by molar-refractivity contribution is 6.30. The minimum atomic E-state index is -0.152. The minimum Gasteiger partial charge on any atom is -0.394 e. The maximum atomic E-state index is 9.24. The highest BCUT2D eigenvalue weighted by Crippen LogP contribution is 2.31. The van der Waals surface area contributed by atoms with Crippen molar-refractivity contribution < 1.29 is 9.84 Å². The molecule has 2 atom stereocenters. The molecule has 0 aliphatic carbocycles. The second-order valence-corrected chi connectivity index (χ2v) is 6.44. The number of fused-ring (bicyclic) bond motifs is 1. The summed E-state index contributed by atoms with van der Waals surface area (Å²) in [7, 11) is 0. The number of ether oxygens (including phenoxy) is 1. The maximum absolute atomic E-state index is 9.24. The van der Waals surface area contributed by atoms with Crippen molar-refractivity contribution in [3.63, 3.8) is 0 Å². The second kappa shape index (κ2) is 6.95. The van der Waals surface area contributed by atoms with Crippen LogP contribution in [0.2, 0.25) is 5.02 Å². The van der Waals surface area contributed by atoms with Gasteiger partial charge in [0.1, 0.15) is 12.6 Å². The first-order valence-electron chi connectivity index (χ1n) is 8.17. The summed E-state index contributed by atoms with van der Waals surface area (Å²) in [5, 5.41) is 13.2. The minimum absolute atomic E-state index is 0.0337. The Morgan fingerprint density at radius 1 is 1.20 bits per heavy atom. The summed E-state index contributed by atoms with van der Waals surface area (Å²) in [6, 6.07) is 7.65. The Morgan fingerprint density at radius 2 is 2.04 bits per heavy atom. The van der Waals surface area contributed by atoms with Gasteiger partial charge in [-0.05, 0) is 30.5 Å². The van der Waals surface area contributed by atoms with E-state index >= 15 is 0 Å². The van der Waals surface area contributed by atoms with Gasteiger partial charge in [0.15, 0.2) is 17.0 Å². The lowest BCUT2D eigenvalue weighted by Crippen LogP contribution is -2.14. The molecule has 2 N–H and O–H groups in total. The predicted octanol–water partition coefficient (Wildman–Crippen LogP) is 2.76. The third-order valence-corrected chi connectivity index (χ3v) is 4.58. The van der Waals surface area contributed by atoms with Crippen LogP contribution in [0.4, 0.5) is 5.82 Å². The summed E-state index contributed by atoms with van der Waals surface area (Å²) in [6.45, 7) is 0.647. The monoisotopic (exact) mass is 359 g/mol. The smallest absolute Gasteiger partial charge is 0.167 e. The molecule has 0 spiro atoms. The summed E-state index contributed by atoms with van der Waals surface area (Å²) in [4.78, 5) is 13.1. The molecule has 0 bridgehead atoms. The number of hydrogen-bond acceptors (Lipinski definition) is 6. The number of aliphatic hydroxyl groups is 1. The fourth-order valence-electron chi connectivity index (χ4n) is 3.01. The summed E-state index contributed by atoms with van der Waals surface area (Å²) in [5.74, 6) is 0.676. The highest BCUT2D eigenvalue weighted by Gasteiger charge is 2.27. The molecule has 0 radical (unpaired) electrons. The Kier molecular flexibility index (Phi) is 4.52. The number of halogens is 1. The van der Waals surface area contributed by atoms with Gasteiger partial charge in [-0.1, -0.05) is 23.7 Å². The van der Waals surface area contributed by atoms with Gasteiger partial charge in [-0.25, -0.2) is 15.0 Å². The average molecular weight is 360 g/mol. The molecule has 3 heterocycles. The van der Waals surface area contributed by atoms with Crippen LogP contribution in [0.5, 0.6) is 0 Å². The molecule has 0 saturated carbocycles. The number of anilines is 1. The van der Waals surface area contributed by atoms with Gasteiger partial charge in [0.05, 0.1) is 19.0 Å². The number of hydrogen-bond donors (Lipinski definition) is 2. The average Bonchev–Trinajstić information content (AvgIpc) is 3.27. The molecule has 0 amide bonds. The lowest BCUT2D eigenvalue weighted by Gasteiger charge is -2.14. The Bertz CT molecular complexity index is 867. The SMILES string of the molecule is OCC1CCC(n2cnc3c(NCc4ccc(Cl)cc4)ncnc32)O1. The van der Waals surface area contributed by atoms with E-state index in [1.54, 1.807) is 6.33 Å². The van der Waals surface area contributed by atoms with Crippen LogP contribution in [0.3, 0.4) is 0 Å². The normalized spacial score (nSPS) is 20.2. The van der Waals surface area contributed by atoms with Gasteiger partial charge >= 0.3 is 0 Å². The van der Waals surface area contributed by atoms with Crippen molar-refractivity contribution in [3.8, 4) is 0 Å². The van der Waals surface area contributed by atoms with Crippen molar-refractivity contribution in [2.45, 2.75) is 31.7 Å². The van der Waals surface area contributed by atoms with E-state index in [1.807, 2.05) is 28.8 Å². The number of nitrogens with zero attached hydrogens (tertiary/aromatic N) is 4. The molecule has 2 aromatic heterocycles. The molecule has 3 aromatic rings. The van der Waals surface area contributed by atoms with Gasteiger partial charge in [-0.2, -0.15) is 0 Å². The molecule has 25 heavy (non-hydrogen) atoms. The maximum Gasteiger partial charge on any atom is 0.167 e. The lowest BCUT2D eigenvalue weighted by atomic mass is 10.2. The number of aromatic nitrogens is 4. The van der Waals surface area contributed by atoms with Crippen LogP contribution in [0.15, 0.2) is 36.9 Å². The van der Waals surface area contributed by atoms with Crippen molar-refractivity contribution in [2.75, 3.05) is 11.9 Å². The largest absolute Gasteiger partial charge is 0.394 e. The van der Waals surface area contributed by atoms with Crippen LogP contribution >= 0.6 is 11.6 Å². The molecular weight excluding hydrogens is 342 g/mol. The van der Waals surface area contributed by atoms with E-state index in [-0.39, 0.29) is 18.9 Å². The van der Waals surface area contributed by atoms with E-state index in [1.165, 1.54) is 6.33 Å². The van der Waals surface area contributed by atoms with Crippen LogP contribution in [-0.4, -0.2) is 37.3 Å². The fourth-order valence-corrected chi connectivity index (χ4v) is 3.13. The van der Waals surface area contributed by atoms with Gasteiger partial charge in [0, 0.05) is 11.6 Å². The summed E-state index contributed by atoms with van der Waals surface area (Å²) in [6.07, 6.45) is 4.62. The predicted molar refractivity (Wildman–Crippen MR) is 94.3 cm³/mol. The first-order valence-corrected chi connectivity index (χ1v) is 8.54. The molecular formula is C17H18ClN5O2. The van der Waals surface area contributed by atoms with Gasteiger partial charge in [0.25, 0.3) is 0 Å². The first kappa shape index (κ1) is 16.3. The van der Waals surface area contributed by atoms with E-state index in [2.05, 4.69) is 20.3 Å². The van der Waals surface area contributed by atoms with Crippen LogP contribution in [-0.2, 0) is 11.3 Å². The number of nitrogens with one attached hydrogen (secondary N) is 1.